The van der Waals surface area contributed by atoms with Crippen LogP contribution in [-0.2, 0) is 6.42 Å². The van der Waals surface area contributed by atoms with Gasteiger partial charge in [0, 0.05) is 17.7 Å². The van der Waals surface area contributed by atoms with E-state index >= 15 is 0 Å². The Hall–Kier alpha value is -2.02. The van der Waals surface area contributed by atoms with Crippen molar-refractivity contribution in [2.75, 3.05) is 6.54 Å². The molecule has 0 aromatic heterocycles. The fourth-order valence-electron chi connectivity index (χ4n) is 2.19. The molecule has 0 amide bonds. The Morgan fingerprint density at radius 2 is 1.90 bits per heavy atom. The number of nitrogens with one attached hydrogen (secondary N) is 1. The van der Waals surface area contributed by atoms with Gasteiger partial charge < -0.3 is 5.32 Å². The van der Waals surface area contributed by atoms with E-state index in [0.29, 0.717) is 12.0 Å². The van der Waals surface area contributed by atoms with E-state index in [1.54, 1.807) is 0 Å². The Morgan fingerprint density at radius 1 is 1.20 bits per heavy atom. The molecule has 0 aliphatic rings. The number of hydrogen-bond donors (Lipinski definition) is 1. The van der Waals surface area contributed by atoms with Crippen molar-refractivity contribution in [3.05, 3.63) is 44.0 Å². The molecule has 7 heteroatoms. The lowest BCUT2D eigenvalue weighted by Gasteiger charge is -2.16. The second kappa shape index (κ2) is 7.54. The second-order valence-electron chi connectivity index (χ2n) is 4.57. The Labute approximate surface area is 117 Å². The molecule has 0 heterocycles. The summed E-state index contributed by atoms with van der Waals surface area (Å²) < 4.78 is 0. The maximum atomic E-state index is 11.1. The van der Waals surface area contributed by atoms with Gasteiger partial charge in [0.05, 0.1) is 15.9 Å². The average Bonchev–Trinajstić information content (AvgIpc) is 2.39. The third-order valence-electron chi connectivity index (χ3n) is 3.07. The van der Waals surface area contributed by atoms with Crippen LogP contribution in [0, 0.1) is 20.2 Å². The first kappa shape index (κ1) is 16.0. The van der Waals surface area contributed by atoms with E-state index in [1.807, 2.05) is 6.92 Å². The molecule has 0 aliphatic heterocycles. The highest BCUT2D eigenvalue weighted by Crippen LogP contribution is 2.26. The van der Waals surface area contributed by atoms with Crippen LogP contribution in [0.5, 0.6) is 0 Å². The van der Waals surface area contributed by atoms with E-state index in [4.69, 9.17) is 0 Å². The maximum absolute atomic E-state index is 11.1. The van der Waals surface area contributed by atoms with Gasteiger partial charge in [-0.15, -0.1) is 0 Å². The molecular formula is C13H19N3O4. The highest BCUT2D eigenvalue weighted by Gasteiger charge is 2.21. The highest BCUT2D eigenvalue weighted by molar-refractivity contribution is 5.49. The van der Waals surface area contributed by atoms with Crippen molar-refractivity contribution in [1.29, 1.82) is 0 Å². The second-order valence-corrected chi connectivity index (χ2v) is 4.57. The lowest BCUT2D eigenvalue weighted by atomic mass is 10.00. The van der Waals surface area contributed by atoms with E-state index < -0.39 is 9.85 Å². The van der Waals surface area contributed by atoms with E-state index in [9.17, 15) is 20.2 Å². The Bertz CT molecular complexity index is 485. The smallest absolute Gasteiger partial charge is 0.279 e. The zero-order valence-corrected chi connectivity index (χ0v) is 11.7. The molecule has 0 bridgehead atoms. The molecule has 110 valence electrons. The largest absolute Gasteiger partial charge is 0.314 e. The van der Waals surface area contributed by atoms with Crippen LogP contribution in [0.2, 0.25) is 0 Å². The molecule has 0 saturated carbocycles. The van der Waals surface area contributed by atoms with Gasteiger partial charge in [0.15, 0.2) is 0 Å². The maximum Gasteiger partial charge on any atom is 0.279 e. The predicted octanol–water partition coefficient (Wildman–Crippen LogP) is 2.82. The van der Waals surface area contributed by atoms with Crippen LogP contribution >= 0.6 is 0 Å². The minimum Gasteiger partial charge on any atom is -0.314 e. The SMILES string of the molecule is CCCC(Cc1ccc([N+](=O)[O-])cc1[N+](=O)[O-])NCC. The van der Waals surface area contributed by atoms with Crippen molar-refractivity contribution < 1.29 is 9.85 Å². The van der Waals surface area contributed by atoms with Gasteiger partial charge >= 0.3 is 0 Å². The van der Waals surface area contributed by atoms with Crippen molar-refractivity contribution in [3.63, 3.8) is 0 Å². The molecule has 1 rings (SSSR count). The van der Waals surface area contributed by atoms with Crippen LogP contribution in [0.1, 0.15) is 32.3 Å². The summed E-state index contributed by atoms with van der Waals surface area (Å²) >= 11 is 0. The third-order valence-corrected chi connectivity index (χ3v) is 3.07. The Morgan fingerprint density at radius 3 is 2.40 bits per heavy atom. The van der Waals surface area contributed by atoms with Crippen molar-refractivity contribution in [2.45, 2.75) is 39.2 Å². The quantitative estimate of drug-likeness (QED) is 0.583. The number of rotatable bonds is 8. The third kappa shape index (κ3) is 4.27. The van der Waals surface area contributed by atoms with Crippen LogP contribution in [-0.4, -0.2) is 22.4 Å². The van der Waals surface area contributed by atoms with Gasteiger partial charge in [0.1, 0.15) is 0 Å². The van der Waals surface area contributed by atoms with Crippen molar-refractivity contribution >= 4 is 11.4 Å². The van der Waals surface area contributed by atoms with E-state index in [0.717, 1.165) is 25.5 Å². The topological polar surface area (TPSA) is 98.3 Å². The normalized spacial score (nSPS) is 12.1. The van der Waals surface area contributed by atoms with Gasteiger partial charge in [-0.2, -0.15) is 0 Å². The molecular weight excluding hydrogens is 262 g/mol. The number of non-ortho nitro benzene ring substituents is 1. The first-order valence-electron chi connectivity index (χ1n) is 6.64. The molecule has 1 aromatic carbocycles. The number of benzene rings is 1. The predicted molar refractivity (Wildman–Crippen MR) is 75.8 cm³/mol. The zero-order chi connectivity index (χ0) is 15.1. The molecule has 20 heavy (non-hydrogen) atoms. The monoisotopic (exact) mass is 281 g/mol. The summed E-state index contributed by atoms with van der Waals surface area (Å²) in [4.78, 5) is 20.6. The van der Waals surface area contributed by atoms with Crippen LogP contribution in [0.25, 0.3) is 0 Å². The van der Waals surface area contributed by atoms with Crippen LogP contribution < -0.4 is 5.32 Å². The van der Waals surface area contributed by atoms with Gasteiger partial charge in [-0.05, 0) is 25.5 Å². The van der Waals surface area contributed by atoms with Crippen molar-refractivity contribution in [3.8, 4) is 0 Å². The Balaban J connectivity index is 3.03. The summed E-state index contributed by atoms with van der Waals surface area (Å²) in [6.45, 7) is 4.81. The highest BCUT2D eigenvalue weighted by atomic mass is 16.6. The molecule has 0 fully saturated rings. The van der Waals surface area contributed by atoms with Crippen molar-refractivity contribution in [1.82, 2.24) is 5.32 Å². The number of nitro benzene ring substituents is 2. The summed E-state index contributed by atoms with van der Waals surface area (Å²) in [6, 6.07) is 3.97. The van der Waals surface area contributed by atoms with Crippen molar-refractivity contribution in [2.24, 2.45) is 0 Å². The molecule has 0 saturated heterocycles. The van der Waals surface area contributed by atoms with E-state index in [-0.39, 0.29) is 17.4 Å². The van der Waals surface area contributed by atoms with E-state index in [2.05, 4.69) is 12.2 Å². The summed E-state index contributed by atoms with van der Waals surface area (Å²) in [5, 5.41) is 25.0. The molecule has 7 nitrogen and oxygen atoms in total. The average molecular weight is 281 g/mol. The Kier molecular flexibility index (Phi) is 6.05. The van der Waals surface area contributed by atoms with Gasteiger partial charge in [-0.25, -0.2) is 0 Å². The molecule has 1 unspecified atom stereocenters. The summed E-state index contributed by atoms with van der Waals surface area (Å²) in [5.41, 5.74) is 0.0918. The number of likely N-dealkylation sites (N-methyl/N-ethyl adjacent to an activating group) is 1. The molecule has 0 radical (unpaired) electrons. The number of nitro groups is 2. The summed E-state index contributed by atoms with van der Waals surface area (Å²) in [5.74, 6) is 0. The minimum atomic E-state index is -0.620. The zero-order valence-electron chi connectivity index (χ0n) is 11.7. The molecule has 0 aliphatic carbocycles. The van der Waals surface area contributed by atoms with Gasteiger partial charge in [0.2, 0.25) is 0 Å². The van der Waals surface area contributed by atoms with Crippen LogP contribution in [0.3, 0.4) is 0 Å². The lowest BCUT2D eigenvalue weighted by molar-refractivity contribution is -0.394. The van der Waals surface area contributed by atoms with Gasteiger partial charge in [0.25, 0.3) is 11.4 Å². The fraction of sp³-hybridized carbons (Fsp3) is 0.538. The number of nitrogens with zero attached hydrogens (tertiary/aromatic N) is 2. The summed E-state index contributed by atoms with van der Waals surface area (Å²) in [6.07, 6.45) is 2.37. The molecule has 1 N–H and O–H groups in total. The van der Waals surface area contributed by atoms with E-state index in [1.165, 1.54) is 12.1 Å². The molecule has 1 aromatic rings. The first-order valence-corrected chi connectivity index (χ1v) is 6.64. The van der Waals surface area contributed by atoms with Gasteiger partial charge in [-0.3, -0.25) is 20.2 Å². The fourth-order valence-corrected chi connectivity index (χ4v) is 2.19. The molecule has 0 spiro atoms. The minimum absolute atomic E-state index is 0.144. The van der Waals surface area contributed by atoms with Crippen LogP contribution in [0.15, 0.2) is 18.2 Å². The molecule has 1 atom stereocenters. The van der Waals surface area contributed by atoms with Gasteiger partial charge in [-0.1, -0.05) is 20.3 Å². The first-order chi connectivity index (χ1) is 9.49. The number of hydrogen-bond acceptors (Lipinski definition) is 5. The summed E-state index contributed by atoms with van der Waals surface area (Å²) in [7, 11) is 0. The standard InChI is InChI=1S/C13H19N3O4/c1-3-5-11(14-4-2)8-10-6-7-12(15(17)18)9-13(10)16(19)20/h6-7,9,11,14H,3-5,8H2,1-2H3. The van der Waals surface area contributed by atoms with Crippen LogP contribution in [0.4, 0.5) is 11.4 Å². The lowest BCUT2D eigenvalue weighted by Crippen LogP contribution is -2.31.